The molecule has 0 spiro atoms. The second-order valence-corrected chi connectivity index (χ2v) is 5.32. The molecule has 142 valence electrons. The van der Waals surface area contributed by atoms with E-state index in [1.54, 1.807) is 0 Å². The number of rotatable bonds is 8. The molecule has 1 heterocycles. The number of aliphatic hydroxyl groups is 8. The summed E-state index contributed by atoms with van der Waals surface area (Å²) in [6.07, 6.45) is -16.9. The average molecular weight is 358 g/mol. The lowest BCUT2D eigenvalue weighted by molar-refractivity contribution is -0.326. The third kappa shape index (κ3) is 4.58. The molecule has 0 amide bonds. The molecular formula is C12H22O12. The fraction of sp³-hybridized carbons (Fsp3) is 0.917. The van der Waals surface area contributed by atoms with Gasteiger partial charge in [0.1, 0.15) is 42.7 Å². The fourth-order valence-corrected chi connectivity index (χ4v) is 2.16. The van der Waals surface area contributed by atoms with Crippen LogP contribution >= 0.6 is 0 Å². The summed E-state index contributed by atoms with van der Waals surface area (Å²) in [7, 11) is 0. The van der Waals surface area contributed by atoms with Crippen molar-refractivity contribution in [2.75, 3.05) is 13.2 Å². The van der Waals surface area contributed by atoms with Crippen LogP contribution in [0.25, 0.3) is 0 Å². The Morgan fingerprint density at radius 3 is 2.08 bits per heavy atom. The number of carboxylic acids is 1. The first kappa shape index (κ1) is 21.1. The first-order valence-corrected chi connectivity index (χ1v) is 6.99. The Hall–Kier alpha value is -0.930. The van der Waals surface area contributed by atoms with Gasteiger partial charge in [-0.3, -0.25) is 0 Å². The van der Waals surface area contributed by atoms with E-state index in [-0.39, 0.29) is 0 Å². The highest BCUT2D eigenvalue weighted by Crippen LogP contribution is 2.24. The highest BCUT2D eigenvalue weighted by molar-refractivity contribution is 5.72. The van der Waals surface area contributed by atoms with Crippen molar-refractivity contribution in [3.8, 4) is 0 Å². The lowest BCUT2D eigenvalue weighted by atomic mass is 9.98. The van der Waals surface area contributed by atoms with Gasteiger partial charge in [0.15, 0.2) is 12.4 Å². The Bertz CT molecular complexity index is 403. The van der Waals surface area contributed by atoms with Gasteiger partial charge in [0, 0.05) is 0 Å². The molecule has 0 saturated carbocycles. The number of carbonyl (C=O) groups is 1. The summed E-state index contributed by atoms with van der Waals surface area (Å²) in [5.41, 5.74) is 0. The van der Waals surface area contributed by atoms with Crippen LogP contribution in [0.4, 0.5) is 0 Å². The summed E-state index contributed by atoms with van der Waals surface area (Å²) in [5.74, 6) is -1.84. The maximum Gasteiger partial charge on any atom is 0.335 e. The first-order valence-electron chi connectivity index (χ1n) is 6.99. The van der Waals surface area contributed by atoms with E-state index in [0.29, 0.717) is 0 Å². The van der Waals surface area contributed by atoms with Crippen LogP contribution in [-0.2, 0) is 14.3 Å². The number of ether oxygens (including phenoxy) is 2. The van der Waals surface area contributed by atoms with Gasteiger partial charge in [0.25, 0.3) is 0 Å². The van der Waals surface area contributed by atoms with E-state index < -0.39 is 74.3 Å². The topological polar surface area (TPSA) is 218 Å². The number of carboxylic acid groups (broad SMARTS) is 1. The van der Waals surface area contributed by atoms with Crippen molar-refractivity contribution in [3.05, 3.63) is 0 Å². The Morgan fingerprint density at radius 2 is 1.62 bits per heavy atom. The summed E-state index contributed by atoms with van der Waals surface area (Å²) in [5, 5.41) is 84.5. The molecule has 4 unspecified atom stereocenters. The molecule has 12 nitrogen and oxygen atoms in total. The predicted octanol–water partition coefficient (Wildman–Crippen LogP) is -5.67. The molecule has 1 aliphatic rings. The van der Waals surface area contributed by atoms with Gasteiger partial charge < -0.3 is 55.4 Å². The molecule has 12 heteroatoms. The zero-order valence-electron chi connectivity index (χ0n) is 12.4. The quantitative estimate of drug-likeness (QED) is 0.198. The third-order valence-electron chi connectivity index (χ3n) is 3.62. The number of hydrogen-bond acceptors (Lipinski definition) is 11. The van der Waals surface area contributed by atoms with Crippen LogP contribution < -0.4 is 0 Å². The minimum Gasteiger partial charge on any atom is -0.479 e. The summed E-state index contributed by atoms with van der Waals surface area (Å²) >= 11 is 0. The third-order valence-corrected chi connectivity index (χ3v) is 3.62. The van der Waals surface area contributed by atoms with E-state index in [2.05, 4.69) is 0 Å². The van der Waals surface area contributed by atoms with Gasteiger partial charge in [-0.25, -0.2) is 4.79 Å². The number of hydrogen-bond donors (Lipinski definition) is 9. The van der Waals surface area contributed by atoms with Crippen molar-refractivity contribution in [1.29, 1.82) is 0 Å². The molecule has 1 aliphatic heterocycles. The number of aliphatic hydroxyl groups excluding tert-OH is 8. The Kier molecular flexibility index (Phi) is 7.88. The van der Waals surface area contributed by atoms with E-state index >= 15 is 0 Å². The zero-order valence-corrected chi connectivity index (χ0v) is 12.4. The molecule has 24 heavy (non-hydrogen) atoms. The number of aliphatic carboxylic acids is 1. The van der Waals surface area contributed by atoms with Crippen molar-refractivity contribution in [2.24, 2.45) is 0 Å². The van der Waals surface area contributed by atoms with Gasteiger partial charge in [0.05, 0.1) is 13.2 Å². The summed E-state index contributed by atoms with van der Waals surface area (Å²) in [4.78, 5) is 10.7. The highest BCUT2D eigenvalue weighted by Gasteiger charge is 2.47. The SMILES string of the molecule is O=C(O)C(O)[C@@H](O)[C@H](O[C@@H]1OC(CO)[C@@H](O)[C@H](O)C1O)C(O)CO. The molecule has 1 fully saturated rings. The summed E-state index contributed by atoms with van der Waals surface area (Å²) in [6.45, 7) is -1.76. The summed E-state index contributed by atoms with van der Waals surface area (Å²) in [6, 6.07) is 0. The second-order valence-electron chi connectivity index (χ2n) is 5.32. The Morgan fingerprint density at radius 1 is 1.04 bits per heavy atom. The van der Waals surface area contributed by atoms with Crippen molar-refractivity contribution in [2.45, 2.75) is 55.1 Å². The van der Waals surface area contributed by atoms with Crippen LogP contribution in [0.15, 0.2) is 0 Å². The lowest BCUT2D eigenvalue weighted by Crippen LogP contribution is -2.61. The van der Waals surface area contributed by atoms with E-state index in [4.69, 9.17) is 24.8 Å². The van der Waals surface area contributed by atoms with Gasteiger partial charge in [-0.15, -0.1) is 0 Å². The van der Waals surface area contributed by atoms with Gasteiger partial charge in [-0.1, -0.05) is 0 Å². The molecule has 9 N–H and O–H groups in total. The van der Waals surface area contributed by atoms with E-state index in [0.717, 1.165) is 0 Å². The van der Waals surface area contributed by atoms with Crippen LogP contribution in [0.3, 0.4) is 0 Å². The molecule has 1 rings (SSSR count). The predicted molar refractivity (Wildman–Crippen MR) is 71.4 cm³/mol. The molecule has 0 aliphatic carbocycles. The maximum absolute atomic E-state index is 10.7. The van der Waals surface area contributed by atoms with Gasteiger partial charge in [0.2, 0.25) is 0 Å². The van der Waals surface area contributed by atoms with E-state index in [1.165, 1.54) is 0 Å². The standard InChI is InChI=1S/C12H22O12/c13-1-3(15)10(7(18)8(19)11(21)22)24-12-9(20)6(17)5(16)4(2-14)23-12/h3-10,12-20H,1-2H2,(H,21,22)/t3?,4?,5-,6+,7-,8?,9?,10-,12+/m1/s1. The van der Waals surface area contributed by atoms with Crippen LogP contribution in [0.2, 0.25) is 0 Å². The summed E-state index contributed by atoms with van der Waals surface area (Å²) < 4.78 is 9.98. The lowest BCUT2D eigenvalue weighted by Gasteiger charge is -2.42. The average Bonchev–Trinajstić information content (AvgIpc) is 2.57. The van der Waals surface area contributed by atoms with Gasteiger partial charge in [-0.05, 0) is 0 Å². The molecule has 0 bridgehead atoms. The van der Waals surface area contributed by atoms with Gasteiger partial charge in [-0.2, -0.15) is 0 Å². The molecule has 0 radical (unpaired) electrons. The van der Waals surface area contributed by atoms with Crippen molar-refractivity contribution in [3.63, 3.8) is 0 Å². The minimum atomic E-state index is -2.39. The van der Waals surface area contributed by atoms with Crippen molar-refractivity contribution >= 4 is 5.97 Å². The van der Waals surface area contributed by atoms with E-state index in [1.807, 2.05) is 0 Å². The highest BCUT2D eigenvalue weighted by atomic mass is 16.7. The largest absolute Gasteiger partial charge is 0.479 e. The molecule has 0 aromatic carbocycles. The molecular weight excluding hydrogens is 336 g/mol. The Labute approximate surface area is 135 Å². The first-order chi connectivity index (χ1) is 11.1. The normalized spacial score (nSPS) is 35.9. The molecule has 9 atom stereocenters. The van der Waals surface area contributed by atoms with Gasteiger partial charge >= 0.3 is 5.97 Å². The maximum atomic E-state index is 10.7. The minimum absolute atomic E-state index is 0.766. The van der Waals surface area contributed by atoms with Crippen LogP contribution in [0.1, 0.15) is 0 Å². The molecule has 1 saturated heterocycles. The molecule has 0 aromatic rings. The Balaban J connectivity index is 2.94. The smallest absolute Gasteiger partial charge is 0.335 e. The molecule has 0 aromatic heterocycles. The van der Waals surface area contributed by atoms with Crippen LogP contribution in [0, 0.1) is 0 Å². The zero-order chi connectivity index (χ0) is 18.6. The van der Waals surface area contributed by atoms with E-state index in [9.17, 15) is 35.4 Å². The fourth-order valence-electron chi connectivity index (χ4n) is 2.16. The van der Waals surface area contributed by atoms with Crippen molar-refractivity contribution < 1.29 is 60.2 Å². The second kappa shape index (κ2) is 8.96. The van der Waals surface area contributed by atoms with Crippen LogP contribution in [-0.4, -0.2) is 120 Å². The van der Waals surface area contributed by atoms with Crippen molar-refractivity contribution in [1.82, 2.24) is 0 Å². The monoisotopic (exact) mass is 358 g/mol. The van der Waals surface area contributed by atoms with Crippen LogP contribution in [0.5, 0.6) is 0 Å².